The average Bonchev–Trinajstić information content (AvgIpc) is 3.23. The van der Waals surface area contributed by atoms with Gasteiger partial charge < -0.3 is 10.1 Å². The topological polar surface area (TPSA) is 90.3 Å². The lowest BCUT2D eigenvalue weighted by atomic mass is 10.1. The molecule has 138 valence electrons. The van der Waals surface area contributed by atoms with Crippen LogP contribution in [0.1, 0.15) is 23.0 Å². The number of sulfone groups is 1. The molecule has 0 saturated carbocycles. The van der Waals surface area contributed by atoms with Crippen LogP contribution in [0.3, 0.4) is 0 Å². The van der Waals surface area contributed by atoms with Crippen LogP contribution in [0.25, 0.3) is 11.3 Å². The molecule has 0 spiro atoms. The van der Waals surface area contributed by atoms with Crippen LogP contribution in [0.2, 0.25) is 0 Å². The summed E-state index contributed by atoms with van der Waals surface area (Å²) in [5.41, 5.74) is 1.80. The van der Waals surface area contributed by atoms with Crippen molar-refractivity contribution in [2.24, 2.45) is 0 Å². The Kier molecular flexibility index (Phi) is 5.13. The van der Waals surface area contributed by atoms with E-state index in [1.165, 1.54) is 0 Å². The molecule has 1 atom stereocenters. The first-order valence-electron chi connectivity index (χ1n) is 8.27. The highest BCUT2D eigenvalue weighted by atomic mass is 32.2. The number of nitrogens with zero attached hydrogens (tertiary/aromatic N) is 2. The van der Waals surface area contributed by atoms with Crippen molar-refractivity contribution < 1.29 is 17.9 Å². The number of rotatable bonds is 6. The van der Waals surface area contributed by atoms with Gasteiger partial charge in [0.2, 0.25) is 0 Å². The third-order valence-corrected chi connectivity index (χ3v) is 6.07. The standard InChI is InChI=1S/C18H21N3O4S/c1-3-9-19-18(22)16-11-17(13-4-6-15(25-2)7-5-13)21(20-16)14-8-10-26(23,24)12-14/h3-7,11,14H,1,8-10,12H2,2H3,(H,19,22). The maximum absolute atomic E-state index is 12.3. The van der Waals surface area contributed by atoms with E-state index in [-0.39, 0.29) is 29.1 Å². The van der Waals surface area contributed by atoms with Crippen LogP contribution in [0, 0.1) is 0 Å². The van der Waals surface area contributed by atoms with E-state index in [1.54, 1.807) is 23.9 Å². The summed E-state index contributed by atoms with van der Waals surface area (Å²) in [4.78, 5) is 12.3. The number of carbonyl (C=O) groups excluding carboxylic acids is 1. The van der Waals surface area contributed by atoms with E-state index < -0.39 is 9.84 Å². The Labute approximate surface area is 152 Å². The number of ether oxygens (including phenoxy) is 1. The fraction of sp³-hybridized carbons (Fsp3) is 0.333. The maximum Gasteiger partial charge on any atom is 0.272 e. The van der Waals surface area contributed by atoms with Crippen LogP contribution in [-0.4, -0.2) is 49.3 Å². The number of nitrogens with one attached hydrogen (secondary N) is 1. The number of hydrogen-bond acceptors (Lipinski definition) is 5. The van der Waals surface area contributed by atoms with Gasteiger partial charge in [-0.1, -0.05) is 6.08 Å². The smallest absolute Gasteiger partial charge is 0.272 e. The van der Waals surface area contributed by atoms with E-state index in [2.05, 4.69) is 17.0 Å². The van der Waals surface area contributed by atoms with Gasteiger partial charge in [-0.2, -0.15) is 5.10 Å². The summed E-state index contributed by atoms with van der Waals surface area (Å²) in [6.45, 7) is 3.91. The van der Waals surface area contributed by atoms with E-state index in [9.17, 15) is 13.2 Å². The highest BCUT2D eigenvalue weighted by molar-refractivity contribution is 7.91. The Hall–Kier alpha value is -2.61. The molecule has 7 nitrogen and oxygen atoms in total. The van der Waals surface area contributed by atoms with Gasteiger partial charge in [0.1, 0.15) is 5.75 Å². The SMILES string of the molecule is C=CCNC(=O)c1cc(-c2ccc(OC)cc2)n(C2CCS(=O)(=O)C2)n1. The number of methoxy groups -OCH3 is 1. The minimum atomic E-state index is -3.07. The number of benzene rings is 1. The van der Waals surface area contributed by atoms with Crippen LogP contribution in [0.5, 0.6) is 5.75 Å². The molecule has 1 aromatic carbocycles. The second-order valence-corrected chi connectivity index (χ2v) is 8.37. The molecule has 26 heavy (non-hydrogen) atoms. The van der Waals surface area contributed by atoms with Crippen molar-refractivity contribution in [2.75, 3.05) is 25.2 Å². The van der Waals surface area contributed by atoms with Gasteiger partial charge in [0, 0.05) is 12.1 Å². The summed E-state index contributed by atoms with van der Waals surface area (Å²) >= 11 is 0. The lowest BCUT2D eigenvalue weighted by Gasteiger charge is -2.13. The molecule has 3 rings (SSSR count). The highest BCUT2D eigenvalue weighted by Gasteiger charge is 2.32. The largest absolute Gasteiger partial charge is 0.497 e. The zero-order chi connectivity index (χ0) is 18.7. The summed E-state index contributed by atoms with van der Waals surface area (Å²) < 4.78 is 30.6. The molecule has 0 bridgehead atoms. The number of amides is 1. The van der Waals surface area contributed by atoms with Crippen molar-refractivity contribution in [1.29, 1.82) is 0 Å². The molecular formula is C18H21N3O4S. The van der Waals surface area contributed by atoms with Crippen molar-refractivity contribution in [3.63, 3.8) is 0 Å². The molecule has 1 amide bonds. The van der Waals surface area contributed by atoms with Crippen molar-refractivity contribution in [3.8, 4) is 17.0 Å². The Morgan fingerprint density at radius 1 is 1.42 bits per heavy atom. The summed E-state index contributed by atoms with van der Waals surface area (Å²) in [5, 5.41) is 7.10. The molecule has 1 aliphatic rings. The van der Waals surface area contributed by atoms with Gasteiger partial charge in [0.15, 0.2) is 15.5 Å². The minimum absolute atomic E-state index is 0.0333. The lowest BCUT2D eigenvalue weighted by Crippen LogP contribution is -2.24. The van der Waals surface area contributed by atoms with Crippen LogP contribution in [-0.2, 0) is 9.84 Å². The van der Waals surface area contributed by atoms with Crippen LogP contribution in [0.4, 0.5) is 0 Å². The molecular weight excluding hydrogens is 354 g/mol. The Balaban J connectivity index is 2.00. The Morgan fingerprint density at radius 3 is 2.73 bits per heavy atom. The third-order valence-electron chi connectivity index (χ3n) is 4.32. The highest BCUT2D eigenvalue weighted by Crippen LogP contribution is 2.30. The number of aromatic nitrogens is 2. The van der Waals surface area contributed by atoms with E-state index in [0.29, 0.717) is 24.4 Å². The molecule has 2 aromatic rings. The average molecular weight is 375 g/mol. The predicted molar refractivity (Wildman–Crippen MR) is 99.1 cm³/mol. The van der Waals surface area contributed by atoms with Crippen LogP contribution in [0.15, 0.2) is 43.0 Å². The molecule has 8 heteroatoms. The normalized spacial score (nSPS) is 18.4. The summed E-state index contributed by atoms with van der Waals surface area (Å²) in [7, 11) is -1.49. The minimum Gasteiger partial charge on any atom is -0.497 e. The number of carbonyl (C=O) groups is 1. The van der Waals surface area contributed by atoms with E-state index in [4.69, 9.17) is 4.74 Å². The second kappa shape index (κ2) is 7.33. The van der Waals surface area contributed by atoms with Gasteiger partial charge in [0.05, 0.1) is 30.4 Å². The molecule has 1 saturated heterocycles. The first-order valence-corrected chi connectivity index (χ1v) is 10.1. The molecule has 1 fully saturated rings. The summed E-state index contributed by atoms with van der Waals surface area (Å²) in [6, 6.07) is 8.76. The summed E-state index contributed by atoms with van der Waals surface area (Å²) in [5.74, 6) is 0.565. The molecule has 1 aliphatic heterocycles. The Morgan fingerprint density at radius 2 is 2.15 bits per heavy atom. The number of hydrogen-bond donors (Lipinski definition) is 1. The Bertz CT molecular complexity index is 916. The molecule has 0 radical (unpaired) electrons. The van der Waals surface area contributed by atoms with Crippen LogP contribution >= 0.6 is 0 Å². The molecule has 1 unspecified atom stereocenters. The molecule has 0 aliphatic carbocycles. The van der Waals surface area contributed by atoms with Gasteiger partial charge in [-0.3, -0.25) is 9.48 Å². The van der Waals surface area contributed by atoms with Crippen molar-refractivity contribution in [3.05, 3.63) is 48.7 Å². The fourth-order valence-electron chi connectivity index (χ4n) is 2.98. The van der Waals surface area contributed by atoms with Gasteiger partial charge in [0.25, 0.3) is 5.91 Å². The first kappa shape index (κ1) is 18.2. The van der Waals surface area contributed by atoms with Gasteiger partial charge >= 0.3 is 0 Å². The monoisotopic (exact) mass is 375 g/mol. The summed E-state index contributed by atoms with van der Waals surface area (Å²) in [6.07, 6.45) is 2.07. The van der Waals surface area contributed by atoms with Gasteiger partial charge in [-0.25, -0.2) is 8.42 Å². The second-order valence-electron chi connectivity index (χ2n) is 6.14. The zero-order valence-corrected chi connectivity index (χ0v) is 15.3. The van der Waals surface area contributed by atoms with Crippen molar-refractivity contribution >= 4 is 15.7 Å². The van der Waals surface area contributed by atoms with E-state index in [0.717, 1.165) is 5.56 Å². The predicted octanol–water partition coefficient (Wildman–Crippen LogP) is 1.83. The van der Waals surface area contributed by atoms with Crippen molar-refractivity contribution in [1.82, 2.24) is 15.1 Å². The lowest BCUT2D eigenvalue weighted by molar-refractivity contribution is 0.0952. The van der Waals surface area contributed by atoms with E-state index >= 15 is 0 Å². The maximum atomic E-state index is 12.3. The van der Waals surface area contributed by atoms with Gasteiger partial charge in [-0.15, -0.1) is 6.58 Å². The quantitative estimate of drug-likeness (QED) is 0.778. The van der Waals surface area contributed by atoms with Gasteiger partial charge in [-0.05, 0) is 36.8 Å². The third kappa shape index (κ3) is 3.80. The molecule has 2 heterocycles. The fourth-order valence-corrected chi connectivity index (χ4v) is 4.68. The first-order chi connectivity index (χ1) is 12.4. The molecule has 1 aromatic heterocycles. The van der Waals surface area contributed by atoms with Crippen LogP contribution < -0.4 is 10.1 Å². The zero-order valence-electron chi connectivity index (χ0n) is 14.5. The van der Waals surface area contributed by atoms with Crippen molar-refractivity contribution in [2.45, 2.75) is 12.5 Å². The molecule has 1 N–H and O–H groups in total. The van der Waals surface area contributed by atoms with E-state index in [1.807, 2.05) is 24.3 Å².